The van der Waals surface area contributed by atoms with Crippen molar-refractivity contribution in [3.63, 3.8) is 0 Å². The summed E-state index contributed by atoms with van der Waals surface area (Å²) in [6, 6.07) is 4.89. The van der Waals surface area contributed by atoms with Gasteiger partial charge in [0.1, 0.15) is 6.10 Å². The molecule has 1 aliphatic carbocycles. The summed E-state index contributed by atoms with van der Waals surface area (Å²) >= 11 is 11.8. The van der Waals surface area contributed by atoms with Gasteiger partial charge in [-0.2, -0.15) is 0 Å². The second-order valence-electron chi connectivity index (χ2n) is 4.67. The van der Waals surface area contributed by atoms with Crippen LogP contribution in [0.3, 0.4) is 0 Å². The number of nitrogens with one attached hydrogen (secondary N) is 2. The van der Waals surface area contributed by atoms with Crippen molar-refractivity contribution in [2.45, 2.75) is 18.9 Å². The summed E-state index contributed by atoms with van der Waals surface area (Å²) in [6.07, 6.45) is 1.31. The van der Waals surface area contributed by atoms with Crippen LogP contribution in [-0.4, -0.2) is 25.8 Å². The molecule has 0 saturated heterocycles. The highest BCUT2D eigenvalue weighted by Crippen LogP contribution is 2.30. The Labute approximate surface area is 122 Å². The Morgan fingerprint density at radius 3 is 2.84 bits per heavy atom. The predicted octanol–water partition coefficient (Wildman–Crippen LogP) is 3.54. The van der Waals surface area contributed by atoms with Crippen LogP contribution in [-0.2, 0) is 4.74 Å². The summed E-state index contributed by atoms with van der Waals surface area (Å²) in [6.45, 7) is 0.960. The van der Waals surface area contributed by atoms with Gasteiger partial charge in [-0.05, 0) is 50.6 Å². The van der Waals surface area contributed by atoms with Gasteiger partial charge in [0.25, 0.3) is 0 Å². The van der Waals surface area contributed by atoms with Crippen molar-refractivity contribution in [1.82, 2.24) is 5.32 Å². The van der Waals surface area contributed by atoms with Gasteiger partial charge >= 0.3 is 6.09 Å². The fraction of sp³-hybridized carbons (Fsp3) is 0.462. The molecule has 1 amide bonds. The zero-order valence-electron chi connectivity index (χ0n) is 10.6. The molecule has 0 spiro atoms. The lowest BCUT2D eigenvalue weighted by atomic mass is 9.82. The Hall–Kier alpha value is -0.970. The molecule has 6 heteroatoms. The smallest absolute Gasteiger partial charge is 0.411 e. The summed E-state index contributed by atoms with van der Waals surface area (Å²) in [5, 5.41) is 6.66. The molecular formula is C13H16Cl2N2O2. The SMILES string of the molecule is CNCC1CC(OC(=O)Nc2cc(Cl)ccc2Cl)C1. The molecule has 2 rings (SSSR count). The molecule has 0 unspecified atom stereocenters. The molecular weight excluding hydrogens is 287 g/mol. The number of hydrogen-bond donors (Lipinski definition) is 2. The maximum absolute atomic E-state index is 11.7. The number of carbonyl (C=O) groups is 1. The first-order chi connectivity index (χ1) is 9.08. The topological polar surface area (TPSA) is 50.4 Å². The first-order valence-corrected chi connectivity index (χ1v) is 6.91. The van der Waals surface area contributed by atoms with Crippen LogP contribution in [0.1, 0.15) is 12.8 Å². The number of benzene rings is 1. The zero-order chi connectivity index (χ0) is 13.8. The quantitative estimate of drug-likeness (QED) is 0.894. The number of hydrogen-bond acceptors (Lipinski definition) is 3. The third-order valence-electron chi connectivity index (χ3n) is 3.12. The van der Waals surface area contributed by atoms with Crippen molar-refractivity contribution in [3.05, 3.63) is 28.2 Å². The number of halogens is 2. The van der Waals surface area contributed by atoms with Crippen LogP contribution in [0.4, 0.5) is 10.5 Å². The third kappa shape index (κ3) is 4.00. The summed E-state index contributed by atoms with van der Waals surface area (Å²) in [4.78, 5) is 11.7. The van der Waals surface area contributed by atoms with Gasteiger partial charge in [-0.1, -0.05) is 23.2 Å². The monoisotopic (exact) mass is 302 g/mol. The van der Waals surface area contributed by atoms with E-state index in [2.05, 4.69) is 10.6 Å². The number of ether oxygens (including phenoxy) is 1. The van der Waals surface area contributed by atoms with Gasteiger partial charge in [-0.25, -0.2) is 4.79 Å². The minimum absolute atomic E-state index is 0.00342. The van der Waals surface area contributed by atoms with Crippen molar-refractivity contribution in [1.29, 1.82) is 0 Å². The van der Waals surface area contributed by atoms with E-state index in [4.69, 9.17) is 27.9 Å². The van der Waals surface area contributed by atoms with Gasteiger partial charge in [0, 0.05) is 5.02 Å². The van der Waals surface area contributed by atoms with E-state index in [1.165, 1.54) is 0 Å². The van der Waals surface area contributed by atoms with Gasteiger partial charge in [0.05, 0.1) is 10.7 Å². The van der Waals surface area contributed by atoms with Crippen LogP contribution in [0.15, 0.2) is 18.2 Å². The van der Waals surface area contributed by atoms with Crippen molar-refractivity contribution < 1.29 is 9.53 Å². The van der Waals surface area contributed by atoms with E-state index in [9.17, 15) is 4.79 Å². The Morgan fingerprint density at radius 2 is 2.16 bits per heavy atom. The van der Waals surface area contributed by atoms with Crippen LogP contribution in [0.5, 0.6) is 0 Å². The molecule has 0 aromatic heterocycles. The standard InChI is InChI=1S/C13H16Cl2N2O2/c1-16-7-8-4-10(5-8)19-13(18)17-12-6-9(14)2-3-11(12)15/h2-3,6,8,10,16H,4-5,7H2,1H3,(H,17,18). The van der Waals surface area contributed by atoms with Gasteiger partial charge in [0.2, 0.25) is 0 Å². The molecule has 1 aromatic rings. The highest BCUT2D eigenvalue weighted by atomic mass is 35.5. The minimum Gasteiger partial charge on any atom is -0.446 e. The first-order valence-electron chi connectivity index (χ1n) is 6.15. The van der Waals surface area contributed by atoms with E-state index >= 15 is 0 Å². The third-order valence-corrected chi connectivity index (χ3v) is 3.69. The van der Waals surface area contributed by atoms with Crippen LogP contribution in [0.2, 0.25) is 10.0 Å². The molecule has 19 heavy (non-hydrogen) atoms. The van der Waals surface area contributed by atoms with Crippen molar-refractivity contribution in [3.8, 4) is 0 Å². The summed E-state index contributed by atoms with van der Waals surface area (Å²) in [5.41, 5.74) is 0.463. The lowest BCUT2D eigenvalue weighted by Gasteiger charge is -2.34. The fourth-order valence-electron chi connectivity index (χ4n) is 2.11. The van der Waals surface area contributed by atoms with Crippen LogP contribution < -0.4 is 10.6 Å². The van der Waals surface area contributed by atoms with Crippen molar-refractivity contribution >= 4 is 35.0 Å². The summed E-state index contributed by atoms with van der Waals surface area (Å²) < 4.78 is 5.28. The van der Waals surface area contributed by atoms with E-state index in [1.807, 2.05) is 7.05 Å². The van der Waals surface area contributed by atoms with E-state index in [-0.39, 0.29) is 6.10 Å². The first kappa shape index (κ1) is 14.4. The van der Waals surface area contributed by atoms with Gasteiger partial charge in [0.15, 0.2) is 0 Å². The molecule has 1 saturated carbocycles. The van der Waals surface area contributed by atoms with E-state index < -0.39 is 6.09 Å². The van der Waals surface area contributed by atoms with Crippen LogP contribution in [0.25, 0.3) is 0 Å². The largest absolute Gasteiger partial charge is 0.446 e. The average Bonchev–Trinajstić information content (AvgIpc) is 2.31. The lowest BCUT2D eigenvalue weighted by molar-refractivity contribution is 0.0257. The number of rotatable bonds is 4. The molecule has 1 aliphatic rings. The molecule has 0 aliphatic heterocycles. The minimum atomic E-state index is -0.489. The number of carbonyl (C=O) groups excluding carboxylic acids is 1. The molecule has 2 N–H and O–H groups in total. The molecule has 0 heterocycles. The van der Waals surface area contributed by atoms with Crippen LogP contribution in [0, 0.1) is 5.92 Å². The van der Waals surface area contributed by atoms with Gasteiger partial charge in [-0.3, -0.25) is 5.32 Å². The zero-order valence-corrected chi connectivity index (χ0v) is 12.1. The normalized spacial score (nSPS) is 21.6. The molecule has 1 aromatic carbocycles. The van der Waals surface area contributed by atoms with Gasteiger partial charge < -0.3 is 10.1 Å². The molecule has 1 fully saturated rings. The van der Waals surface area contributed by atoms with Crippen molar-refractivity contribution in [2.75, 3.05) is 18.9 Å². The number of amides is 1. The Morgan fingerprint density at radius 1 is 1.42 bits per heavy atom. The van der Waals surface area contributed by atoms with E-state index in [0.717, 1.165) is 19.4 Å². The average molecular weight is 303 g/mol. The molecule has 0 radical (unpaired) electrons. The predicted molar refractivity (Wildman–Crippen MR) is 77.0 cm³/mol. The molecule has 0 atom stereocenters. The molecule has 104 valence electrons. The summed E-state index contributed by atoms with van der Waals surface area (Å²) in [7, 11) is 1.92. The second kappa shape index (κ2) is 6.46. The van der Waals surface area contributed by atoms with E-state index in [1.54, 1.807) is 18.2 Å². The fourth-order valence-corrected chi connectivity index (χ4v) is 2.45. The molecule has 0 bridgehead atoms. The maximum Gasteiger partial charge on any atom is 0.411 e. The summed E-state index contributed by atoms with van der Waals surface area (Å²) in [5.74, 6) is 0.595. The Bertz CT molecular complexity index is 462. The Kier molecular flexibility index (Phi) is 4.91. The van der Waals surface area contributed by atoms with Crippen molar-refractivity contribution in [2.24, 2.45) is 5.92 Å². The highest BCUT2D eigenvalue weighted by Gasteiger charge is 2.31. The highest BCUT2D eigenvalue weighted by molar-refractivity contribution is 6.35. The van der Waals surface area contributed by atoms with Gasteiger partial charge in [-0.15, -0.1) is 0 Å². The second-order valence-corrected chi connectivity index (χ2v) is 5.52. The number of anilines is 1. The Balaban J connectivity index is 1.80. The van der Waals surface area contributed by atoms with E-state index in [0.29, 0.717) is 21.7 Å². The molecule has 4 nitrogen and oxygen atoms in total. The maximum atomic E-state index is 11.7. The lowest BCUT2D eigenvalue weighted by Crippen LogP contribution is -2.38. The van der Waals surface area contributed by atoms with Crippen LogP contribution >= 0.6 is 23.2 Å².